The third kappa shape index (κ3) is 5.24. The van der Waals surface area contributed by atoms with Crippen molar-refractivity contribution in [2.75, 3.05) is 26.7 Å². The molecule has 8 heteroatoms. The van der Waals surface area contributed by atoms with Crippen molar-refractivity contribution in [3.8, 4) is 0 Å². The van der Waals surface area contributed by atoms with Gasteiger partial charge in [-0.3, -0.25) is 9.69 Å². The van der Waals surface area contributed by atoms with Crippen LogP contribution in [0.15, 0.2) is 15.2 Å². The van der Waals surface area contributed by atoms with E-state index in [0.29, 0.717) is 32.5 Å². The summed E-state index contributed by atoms with van der Waals surface area (Å²) in [6.07, 6.45) is -3.18. The number of halogens is 4. The zero-order valence-electron chi connectivity index (χ0n) is 12.2. The lowest BCUT2D eigenvalue weighted by molar-refractivity contribution is -0.150. The van der Waals surface area contributed by atoms with E-state index in [9.17, 15) is 18.0 Å². The van der Waals surface area contributed by atoms with E-state index in [4.69, 9.17) is 0 Å². The van der Waals surface area contributed by atoms with E-state index in [1.165, 1.54) is 4.90 Å². The highest BCUT2D eigenvalue weighted by Crippen LogP contribution is 2.25. The highest BCUT2D eigenvalue weighted by Gasteiger charge is 2.34. The maximum absolute atomic E-state index is 12.4. The smallest absolute Gasteiger partial charge is 0.341 e. The average molecular weight is 399 g/mol. The van der Waals surface area contributed by atoms with Crippen molar-refractivity contribution in [1.82, 2.24) is 9.80 Å². The number of thiophene rings is 1. The fourth-order valence-corrected chi connectivity index (χ4v) is 3.88. The summed E-state index contributed by atoms with van der Waals surface area (Å²) in [7, 11) is 1.75. The van der Waals surface area contributed by atoms with Crippen molar-refractivity contribution < 1.29 is 18.0 Å². The van der Waals surface area contributed by atoms with Crippen LogP contribution in [0.5, 0.6) is 0 Å². The van der Waals surface area contributed by atoms with E-state index in [-0.39, 0.29) is 11.8 Å². The maximum Gasteiger partial charge on any atom is 0.401 e. The molecule has 1 amide bonds. The molecule has 0 saturated carbocycles. The van der Waals surface area contributed by atoms with Crippen LogP contribution >= 0.6 is 27.3 Å². The molecule has 1 fully saturated rings. The van der Waals surface area contributed by atoms with Gasteiger partial charge in [0.05, 0.1) is 10.3 Å². The molecule has 2 heterocycles. The van der Waals surface area contributed by atoms with Crippen molar-refractivity contribution in [3.05, 3.63) is 20.8 Å². The van der Waals surface area contributed by atoms with Crippen LogP contribution in [0.2, 0.25) is 0 Å². The molecule has 1 aromatic heterocycles. The van der Waals surface area contributed by atoms with Gasteiger partial charge in [-0.25, -0.2) is 0 Å². The summed E-state index contributed by atoms with van der Waals surface area (Å²) >= 11 is 4.95. The van der Waals surface area contributed by atoms with E-state index in [1.807, 2.05) is 11.4 Å². The largest absolute Gasteiger partial charge is 0.401 e. The predicted molar refractivity (Wildman–Crippen MR) is 83.7 cm³/mol. The first-order valence-electron chi connectivity index (χ1n) is 7.01. The molecule has 0 radical (unpaired) electrons. The Morgan fingerprint density at radius 2 is 2.09 bits per heavy atom. The van der Waals surface area contributed by atoms with Crippen LogP contribution in [0.4, 0.5) is 13.2 Å². The van der Waals surface area contributed by atoms with Crippen LogP contribution in [-0.4, -0.2) is 48.6 Å². The molecule has 22 heavy (non-hydrogen) atoms. The Morgan fingerprint density at radius 1 is 1.45 bits per heavy atom. The number of alkyl halides is 3. The van der Waals surface area contributed by atoms with Crippen LogP contribution in [0.25, 0.3) is 0 Å². The first-order chi connectivity index (χ1) is 10.2. The second-order valence-corrected chi connectivity index (χ2v) is 7.91. The van der Waals surface area contributed by atoms with Crippen LogP contribution in [-0.2, 0) is 11.3 Å². The van der Waals surface area contributed by atoms with Gasteiger partial charge in [0.2, 0.25) is 5.91 Å². The summed E-state index contributed by atoms with van der Waals surface area (Å²) in [4.78, 5) is 15.4. The fourth-order valence-electron chi connectivity index (χ4n) is 2.68. The molecule has 0 aromatic carbocycles. The Kier molecular flexibility index (Phi) is 5.90. The molecule has 0 atom stereocenters. The van der Waals surface area contributed by atoms with Gasteiger partial charge in [-0.2, -0.15) is 13.2 Å². The summed E-state index contributed by atoms with van der Waals surface area (Å²) in [5.74, 6) is -0.148. The number of likely N-dealkylation sites (tertiary alicyclic amines) is 1. The first-order valence-corrected chi connectivity index (χ1v) is 8.69. The van der Waals surface area contributed by atoms with Gasteiger partial charge in [0.25, 0.3) is 0 Å². The zero-order chi connectivity index (χ0) is 16.3. The molecule has 1 aliphatic heterocycles. The van der Waals surface area contributed by atoms with E-state index in [1.54, 1.807) is 23.3 Å². The average Bonchev–Trinajstić information content (AvgIpc) is 2.82. The van der Waals surface area contributed by atoms with Crippen LogP contribution in [0, 0.1) is 5.92 Å². The normalized spacial score (nSPS) is 17.7. The van der Waals surface area contributed by atoms with E-state index >= 15 is 0 Å². The Balaban J connectivity index is 1.81. The zero-order valence-corrected chi connectivity index (χ0v) is 14.6. The molecule has 124 valence electrons. The quantitative estimate of drug-likeness (QED) is 0.770. The van der Waals surface area contributed by atoms with Crippen molar-refractivity contribution in [2.24, 2.45) is 5.92 Å². The first kappa shape index (κ1) is 17.7. The second-order valence-electron chi connectivity index (χ2n) is 5.62. The topological polar surface area (TPSA) is 23.6 Å². The number of hydrogen-bond acceptors (Lipinski definition) is 3. The summed E-state index contributed by atoms with van der Waals surface area (Å²) in [6, 6.07) is 1.97. The molecule has 3 nitrogen and oxygen atoms in total. The molecule has 1 saturated heterocycles. The lowest BCUT2D eigenvalue weighted by Gasteiger charge is -2.33. The number of nitrogens with zero attached hydrogens (tertiary/aromatic N) is 2. The minimum absolute atomic E-state index is 0.0222. The number of amides is 1. The molecule has 0 aliphatic carbocycles. The lowest BCUT2D eigenvalue weighted by atomic mass is 9.95. The summed E-state index contributed by atoms with van der Waals surface area (Å²) < 4.78 is 38.1. The van der Waals surface area contributed by atoms with Gasteiger partial charge in [0, 0.05) is 19.5 Å². The minimum Gasteiger partial charge on any atom is -0.341 e. The lowest BCUT2D eigenvalue weighted by Crippen LogP contribution is -2.44. The number of hydrogen-bond donors (Lipinski definition) is 0. The third-order valence-corrected chi connectivity index (χ3v) is 5.31. The number of rotatable bonds is 4. The Hall–Kier alpha value is -0.600. The molecule has 0 spiro atoms. The molecular formula is C14H18BrF3N2OS. The van der Waals surface area contributed by atoms with E-state index < -0.39 is 12.7 Å². The van der Waals surface area contributed by atoms with Crippen molar-refractivity contribution in [1.29, 1.82) is 0 Å². The standard InChI is InChI=1S/C14H18BrF3N2OS/c1-19(7-10-6-12(15)22-8-10)13(21)11-2-4-20(5-3-11)9-14(16,17)18/h6,8,11H,2-5,7,9H2,1H3. The van der Waals surface area contributed by atoms with E-state index in [0.717, 1.165) is 9.35 Å². The van der Waals surface area contributed by atoms with Gasteiger partial charge in [-0.15, -0.1) is 11.3 Å². The SMILES string of the molecule is CN(Cc1csc(Br)c1)C(=O)C1CCN(CC(F)(F)F)CC1. The number of carbonyl (C=O) groups is 1. The molecule has 1 aliphatic rings. The Morgan fingerprint density at radius 3 is 2.59 bits per heavy atom. The van der Waals surface area contributed by atoms with Crippen LogP contribution < -0.4 is 0 Å². The highest BCUT2D eigenvalue weighted by molar-refractivity contribution is 9.11. The number of carbonyl (C=O) groups excluding carboxylic acids is 1. The molecule has 0 bridgehead atoms. The fraction of sp³-hybridized carbons (Fsp3) is 0.643. The molecule has 0 N–H and O–H groups in total. The van der Waals surface area contributed by atoms with Gasteiger partial charge in [0.15, 0.2) is 0 Å². The second kappa shape index (κ2) is 7.31. The third-order valence-electron chi connectivity index (χ3n) is 3.76. The molecule has 0 unspecified atom stereocenters. The Bertz CT molecular complexity index is 512. The predicted octanol–water partition coefficient (Wildman–Crippen LogP) is 3.74. The van der Waals surface area contributed by atoms with Gasteiger partial charge in [0.1, 0.15) is 0 Å². The van der Waals surface area contributed by atoms with E-state index in [2.05, 4.69) is 15.9 Å². The van der Waals surface area contributed by atoms with Crippen molar-refractivity contribution in [2.45, 2.75) is 25.6 Å². The summed E-state index contributed by atoms with van der Waals surface area (Å²) in [6.45, 7) is 0.303. The van der Waals surface area contributed by atoms with Gasteiger partial charge < -0.3 is 4.90 Å². The van der Waals surface area contributed by atoms with Crippen molar-refractivity contribution >= 4 is 33.2 Å². The molecule has 2 rings (SSSR count). The Labute approximate surface area is 140 Å². The van der Waals surface area contributed by atoms with Crippen molar-refractivity contribution in [3.63, 3.8) is 0 Å². The van der Waals surface area contributed by atoms with Crippen LogP contribution in [0.1, 0.15) is 18.4 Å². The molecular weight excluding hydrogens is 381 g/mol. The van der Waals surface area contributed by atoms with Gasteiger partial charge >= 0.3 is 6.18 Å². The number of piperidine rings is 1. The summed E-state index contributed by atoms with van der Waals surface area (Å²) in [5, 5.41) is 1.99. The highest BCUT2D eigenvalue weighted by atomic mass is 79.9. The maximum atomic E-state index is 12.4. The van der Waals surface area contributed by atoms with Crippen LogP contribution in [0.3, 0.4) is 0 Å². The minimum atomic E-state index is -4.17. The monoisotopic (exact) mass is 398 g/mol. The van der Waals surface area contributed by atoms with Gasteiger partial charge in [-0.05, 0) is 58.9 Å². The van der Waals surface area contributed by atoms with Gasteiger partial charge in [-0.1, -0.05) is 0 Å². The summed E-state index contributed by atoms with van der Waals surface area (Å²) in [5.41, 5.74) is 1.06. The molecule has 1 aromatic rings.